The summed E-state index contributed by atoms with van der Waals surface area (Å²) in [5, 5.41) is 2.97. The second-order valence-electron chi connectivity index (χ2n) is 6.46. The fourth-order valence-electron chi connectivity index (χ4n) is 3.77. The molecule has 2 aromatic carbocycles. The predicted molar refractivity (Wildman–Crippen MR) is 91.3 cm³/mol. The molecule has 2 aromatic rings. The number of hydrogen-bond donors (Lipinski definition) is 1. The number of nitrogens with one attached hydrogen (secondary N) is 1. The number of hydrogen-bond acceptors (Lipinski definition) is 4. The molecule has 2 amide bonds. The Hall–Kier alpha value is -3.02. The minimum Gasteiger partial charge on any atom is -0.454 e. The SMILES string of the molecule is O=C(Nc1cc2c3c(c1)CCN3C(=O)CC2)c1ccc2c(c1)OCO2. The van der Waals surface area contributed by atoms with Crippen molar-refractivity contribution >= 4 is 23.2 Å². The second kappa shape index (κ2) is 5.24. The maximum absolute atomic E-state index is 12.6. The van der Waals surface area contributed by atoms with Crippen LogP contribution in [0.1, 0.15) is 27.9 Å². The molecule has 5 rings (SSSR count). The van der Waals surface area contributed by atoms with E-state index in [0.29, 0.717) is 23.5 Å². The zero-order valence-corrected chi connectivity index (χ0v) is 13.5. The molecule has 3 aliphatic rings. The number of rotatable bonds is 2. The van der Waals surface area contributed by atoms with E-state index in [9.17, 15) is 9.59 Å². The normalized spacial score (nSPS) is 16.8. The zero-order valence-electron chi connectivity index (χ0n) is 13.5. The molecule has 0 atom stereocenters. The minimum atomic E-state index is -0.188. The number of benzene rings is 2. The third-order valence-corrected chi connectivity index (χ3v) is 4.94. The Morgan fingerprint density at radius 1 is 1.00 bits per heavy atom. The summed E-state index contributed by atoms with van der Waals surface area (Å²) >= 11 is 0. The highest BCUT2D eigenvalue weighted by Gasteiger charge is 2.31. The lowest BCUT2D eigenvalue weighted by atomic mass is 9.98. The quantitative estimate of drug-likeness (QED) is 0.915. The summed E-state index contributed by atoms with van der Waals surface area (Å²) in [5.41, 5.74) is 4.61. The van der Waals surface area contributed by atoms with Crippen LogP contribution in [0, 0.1) is 0 Å². The fraction of sp³-hybridized carbons (Fsp3) is 0.263. The Balaban J connectivity index is 1.43. The topological polar surface area (TPSA) is 67.9 Å². The average Bonchev–Trinajstić information content (AvgIpc) is 3.25. The van der Waals surface area contributed by atoms with Crippen LogP contribution in [-0.2, 0) is 17.6 Å². The number of fused-ring (bicyclic) bond motifs is 1. The third-order valence-electron chi connectivity index (χ3n) is 4.94. The first-order valence-electron chi connectivity index (χ1n) is 8.36. The first-order valence-corrected chi connectivity index (χ1v) is 8.36. The molecule has 0 spiro atoms. The highest BCUT2D eigenvalue weighted by atomic mass is 16.7. The molecule has 1 N–H and O–H groups in total. The highest BCUT2D eigenvalue weighted by Crippen LogP contribution is 2.39. The monoisotopic (exact) mass is 336 g/mol. The maximum Gasteiger partial charge on any atom is 0.255 e. The van der Waals surface area contributed by atoms with Crippen molar-refractivity contribution in [1.29, 1.82) is 0 Å². The number of amides is 2. The Labute approximate surface area is 144 Å². The summed E-state index contributed by atoms with van der Waals surface area (Å²) < 4.78 is 10.6. The lowest BCUT2D eigenvalue weighted by Crippen LogP contribution is -2.32. The van der Waals surface area contributed by atoms with Gasteiger partial charge >= 0.3 is 0 Å². The summed E-state index contributed by atoms with van der Waals surface area (Å²) in [5.74, 6) is 1.25. The van der Waals surface area contributed by atoms with Gasteiger partial charge in [-0.15, -0.1) is 0 Å². The first kappa shape index (κ1) is 14.3. The lowest BCUT2D eigenvalue weighted by molar-refractivity contribution is -0.118. The number of nitrogens with zero attached hydrogens (tertiary/aromatic N) is 1. The molecule has 0 fully saturated rings. The molecule has 0 aromatic heterocycles. The van der Waals surface area contributed by atoms with E-state index in [-0.39, 0.29) is 18.6 Å². The molecule has 0 bridgehead atoms. The van der Waals surface area contributed by atoms with E-state index in [0.717, 1.165) is 41.9 Å². The van der Waals surface area contributed by atoms with E-state index >= 15 is 0 Å². The van der Waals surface area contributed by atoms with Crippen LogP contribution < -0.4 is 19.7 Å². The molecule has 0 saturated carbocycles. The Kier molecular flexibility index (Phi) is 3.00. The molecule has 0 unspecified atom stereocenters. The van der Waals surface area contributed by atoms with Gasteiger partial charge in [0.2, 0.25) is 12.7 Å². The highest BCUT2D eigenvalue weighted by molar-refractivity contribution is 6.05. The molecule has 126 valence electrons. The standard InChI is InChI=1S/C19H16N2O4/c22-17-4-2-11-7-14(8-12-5-6-21(17)18(11)12)20-19(23)13-1-3-15-16(9-13)25-10-24-15/h1,3,7-9H,2,4-6,10H2,(H,20,23). The van der Waals surface area contributed by atoms with Gasteiger partial charge in [-0.2, -0.15) is 0 Å². The molecular formula is C19H16N2O4. The van der Waals surface area contributed by atoms with Crippen molar-refractivity contribution in [3.05, 3.63) is 47.0 Å². The average molecular weight is 336 g/mol. The van der Waals surface area contributed by atoms with Crippen LogP contribution in [0.4, 0.5) is 11.4 Å². The lowest BCUT2D eigenvalue weighted by Gasteiger charge is -2.25. The number of carbonyl (C=O) groups is 2. The van der Waals surface area contributed by atoms with Crippen LogP contribution in [0.15, 0.2) is 30.3 Å². The molecule has 25 heavy (non-hydrogen) atoms. The maximum atomic E-state index is 12.6. The van der Waals surface area contributed by atoms with Gasteiger partial charge < -0.3 is 19.7 Å². The summed E-state index contributed by atoms with van der Waals surface area (Å²) in [6.45, 7) is 0.921. The Morgan fingerprint density at radius 3 is 2.68 bits per heavy atom. The summed E-state index contributed by atoms with van der Waals surface area (Å²) in [6, 6.07) is 9.11. The summed E-state index contributed by atoms with van der Waals surface area (Å²) in [7, 11) is 0. The van der Waals surface area contributed by atoms with E-state index < -0.39 is 0 Å². The Bertz CT molecular complexity index is 922. The van der Waals surface area contributed by atoms with E-state index in [4.69, 9.17) is 9.47 Å². The molecule has 3 heterocycles. The van der Waals surface area contributed by atoms with Gasteiger partial charge in [-0.3, -0.25) is 9.59 Å². The minimum absolute atomic E-state index is 0.184. The first-order chi connectivity index (χ1) is 12.2. The van der Waals surface area contributed by atoms with Crippen LogP contribution in [0.5, 0.6) is 11.5 Å². The Morgan fingerprint density at radius 2 is 1.80 bits per heavy atom. The number of carbonyl (C=O) groups excluding carboxylic acids is 2. The van der Waals surface area contributed by atoms with E-state index in [1.807, 2.05) is 17.0 Å². The van der Waals surface area contributed by atoms with Crippen molar-refractivity contribution in [3.63, 3.8) is 0 Å². The van der Waals surface area contributed by atoms with E-state index in [1.54, 1.807) is 18.2 Å². The summed E-state index contributed by atoms with van der Waals surface area (Å²) in [4.78, 5) is 26.4. The number of anilines is 2. The van der Waals surface area contributed by atoms with Crippen LogP contribution in [0.2, 0.25) is 0 Å². The van der Waals surface area contributed by atoms with Crippen molar-refractivity contribution in [2.24, 2.45) is 0 Å². The molecular weight excluding hydrogens is 320 g/mol. The predicted octanol–water partition coefficient (Wildman–Crippen LogP) is 2.50. The number of ether oxygens (including phenoxy) is 2. The second-order valence-corrected chi connectivity index (χ2v) is 6.46. The van der Waals surface area contributed by atoms with E-state index in [1.165, 1.54) is 0 Å². The van der Waals surface area contributed by atoms with Gasteiger partial charge in [0.05, 0.1) is 5.69 Å². The van der Waals surface area contributed by atoms with Gasteiger partial charge in [0, 0.05) is 24.2 Å². The third kappa shape index (κ3) is 2.25. The van der Waals surface area contributed by atoms with Crippen LogP contribution in [0.3, 0.4) is 0 Å². The molecule has 0 aliphatic carbocycles. The van der Waals surface area contributed by atoms with Crippen molar-refractivity contribution in [1.82, 2.24) is 0 Å². The van der Waals surface area contributed by atoms with Crippen LogP contribution >= 0.6 is 0 Å². The molecule has 6 heteroatoms. The van der Waals surface area contributed by atoms with Crippen LogP contribution in [0.25, 0.3) is 0 Å². The van der Waals surface area contributed by atoms with Gasteiger partial charge in [0.25, 0.3) is 5.91 Å². The van der Waals surface area contributed by atoms with Crippen molar-refractivity contribution < 1.29 is 19.1 Å². The largest absolute Gasteiger partial charge is 0.454 e. The molecule has 0 saturated heterocycles. The van der Waals surface area contributed by atoms with Crippen LogP contribution in [-0.4, -0.2) is 25.2 Å². The zero-order chi connectivity index (χ0) is 17.0. The fourth-order valence-corrected chi connectivity index (χ4v) is 3.77. The smallest absolute Gasteiger partial charge is 0.255 e. The van der Waals surface area contributed by atoms with Gasteiger partial charge in [0.1, 0.15) is 0 Å². The van der Waals surface area contributed by atoms with E-state index in [2.05, 4.69) is 5.32 Å². The van der Waals surface area contributed by atoms with Crippen molar-refractivity contribution in [2.75, 3.05) is 23.6 Å². The van der Waals surface area contributed by atoms with Crippen molar-refractivity contribution in [3.8, 4) is 11.5 Å². The van der Waals surface area contributed by atoms with Gasteiger partial charge in [-0.25, -0.2) is 0 Å². The molecule has 0 radical (unpaired) electrons. The molecule has 6 nitrogen and oxygen atoms in total. The summed E-state index contributed by atoms with van der Waals surface area (Å²) in [6.07, 6.45) is 2.10. The van der Waals surface area contributed by atoms with Gasteiger partial charge in [-0.1, -0.05) is 0 Å². The van der Waals surface area contributed by atoms with Crippen molar-refractivity contribution in [2.45, 2.75) is 19.3 Å². The van der Waals surface area contributed by atoms with Gasteiger partial charge in [-0.05, 0) is 54.3 Å². The molecule has 3 aliphatic heterocycles. The number of aryl methyl sites for hydroxylation is 1. The van der Waals surface area contributed by atoms with Gasteiger partial charge in [0.15, 0.2) is 11.5 Å².